The Bertz CT molecular complexity index is 1920. The van der Waals surface area contributed by atoms with Gasteiger partial charge >= 0.3 is 0 Å². The van der Waals surface area contributed by atoms with Gasteiger partial charge in [-0.05, 0) is 62.1 Å². The second-order valence-electron chi connectivity index (χ2n) is 10.4. The van der Waals surface area contributed by atoms with E-state index in [2.05, 4.69) is 25.9 Å². The van der Waals surface area contributed by atoms with Crippen LogP contribution in [-0.4, -0.2) is 42.7 Å². The van der Waals surface area contributed by atoms with E-state index < -0.39 is 5.91 Å². The quantitative estimate of drug-likeness (QED) is 0.227. The van der Waals surface area contributed by atoms with E-state index in [0.29, 0.717) is 35.4 Å². The van der Waals surface area contributed by atoms with Crippen molar-refractivity contribution in [3.05, 3.63) is 84.4 Å². The number of aliphatic hydroxyl groups excluding tert-OH is 1. The smallest absolute Gasteiger partial charge is 0.269 e. The van der Waals surface area contributed by atoms with E-state index in [9.17, 15) is 14.3 Å². The molecule has 0 unspecified atom stereocenters. The van der Waals surface area contributed by atoms with Gasteiger partial charge in [0.25, 0.3) is 5.91 Å². The number of fused-ring (bicyclic) bond motifs is 4. The Kier molecular flexibility index (Phi) is 5.74. The Labute approximate surface area is 228 Å². The van der Waals surface area contributed by atoms with Crippen LogP contribution in [0, 0.1) is 5.82 Å². The number of benzene rings is 3. The van der Waals surface area contributed by atoms with Gasteiger partial charge in [0.1, 0.15) is 11.6 Å². The molecule has 0 saturated heterocycles. The van der Waals surface area contributed by atoms with Gasteiger partial charge in [0.05, 0.1) is 45.7 Å². The standard InChI is InChI=1S/C31H27FN6O2/c32-17-8-13-23-24(14-17)37-31(36-23)22-5-3-7-27-28(22)21-4-1-2-6-26(21)38(27)19-15-25(29(30(33)40)34-16-19)35-18-9-11-20(39)12-10-18/h1-8,13-16,18,20,35,39H,9-12H2,(H2,33,40)(H,36,37)/t18-,20-. The first-order valence-electron chi connectivity index (χ1n) is 13.4. The van der Waals surface area contributed by atoms with Gasteiger partial charge in [0, 0.05) is 22.4 Å². The van der Waals surface area contributed by atoms with E-state index in [1.54, 1.807) is 12.3 Å². The van der Waals surface area contributed by atoms with Crippen LogP contribution in [0.2, 0.25) is 0 Å². The molecule has 3 aromatic heterocycles. The molecule has 200 valence electrons. The lowest BCUT2D eigenvalue weighted by Gasteiger charge is -2.27. The fraction of sp³-hybridized carbons (Fsp3) is 0.194. The molecule has 8 nitrogen and oxygen atoms in total. The summed E-state index contributed by atoms with van der Waals surface area (Å²) in [7, 11) is 0. The number of para-hydroxylation sites is 1. The molecular weight excluding hydrogens is 507 g/mol. The highest BCUT2D eigenvalue weighted by molar-refractivity contribution is 6.15. The number of pyridine rings is 1. The van der Waals surface area contributed by atoms with Gasteiger partial charge < -0.3 is 25.7 Å². The number of aromatic nitrogens is 4. The predicted octanol–water partition coefficient (Wildman–Crippen LogP) is 5.68. The monoisotopic (exact) mass is 534 g/mol. The van der Waals surface area contributed by atoms with Gasteiger partial charge in [-0.2, -0.15) is 0 Å². The van der Waals surface area contributed by atoms with E-state index in [4.69, 9.17) is 10.7 Å². The second-order valence-corrected chi connectivity index (χ2v) is 10.4. The number of carbonyl (C=O) groups is 1. The molecule has 3 aromatic carbocycles. The number of carbonyl (C=O) groups excluding carboxylic acids is 1. The molecule has 9 heteroatoms. The molecule has 0 aliphatic heterocycles. The molecule has 0 atom stereocenters. The van der Waals surface area contributed by atoms with Crippen LogP contribution >= 0.6 is 0 Å². The van der Waals surface area contributed by atoms with E-state index in [1.807, 2.05) is 42.5 Å². The number of rotatable bonds is 5. The zero-order valence-electron chi connectivity index (χ0n) is 21.6. The van der Waals surface area contributed by atoms with Crippen LogP contribution in [0.1, 0.15) is 36.2 Å². The lowest BCUT2D eigenvalue weighted by Crippen LogP contribution is -2.29. The number of amides is 1. The van der Waals surface area contributed by atoms with Crippen molar-refractivity contribution in [3.63, 3.8) is 0 Å². The number of nitrogens with one attached hydrogen (secondary N) is 2. The maximum atomic E-state index is 13.9. The maximum absolute atomic E-state index is 13.9. The molecule has 1 saturated carbocycles. The second kappa shape index (κ2) is 9.46. The van der Waals surface area contributed by atoms with Crippen LogP contribution in [0.3, 0.4) is 0 Å². The van der Waals surface area contributed by atoms with Gasteiger partial charge in [-0.1, -0.05) is 30.3 Å². The van der Waals surface area contributed by atoms with Crippen LogP contribution in [0.5, 0.6) is 0 Å². The molecule has 0 spiro atoms. The fourth-order valence-electron chi connectivity index (χ4n) is 5.93. The van der Waals surface area contributed by atoms with Gasteiger partial charge in [0.2, 0.25) is 0 Å². The maximum Gasteiger partial charge on any atom is 0.269 e. The highest BCUT2D eigenvalue weighted by Crippen LogP contribution is 2.38. The minimum absolute atomic E-state index is 0.112. The number of halogens is 1. The summed E-state index contributed by atoms with van der Waals surface area (Å²) < 4.78 is 16.0. The topological polar surface area (TPSA) is 122 Å². The van der Waals surface area contributed by atoms with E-state index in [-0.39, 0.29) is 23.7 Å². The SMILES string of the molecule is NC(=O)c1ncc(-n2c3ccccc3c3c(-c4nc5ccc(F)cc5[nH]4)cccc32)cc1N[C@H]1CC[C@H](O)CC1. The first kappa shape index (κ1) is 24.3. The van der Waals surface area contributed by atoms with Crippen molar-refractivity contribution in [1.29, 1.82) is 0 Å². The lowest BCUT2D eigenvalue weighted by atomic mass is 9.93. The van der Waals surface area contributed by atoms with Crippen LogP contribution in [0.25, 0.3) is 49.9 Å². The van der Waals surface area contributed by atoms with Crippen molar-refractivity contribution < 1.29 is 14.3 Å². The molecule has 0 bridgehead atoms. The number of nitrogens with two attached hydrogens (primary N) is 1. The number of H-pyrrole nitrogens is 1. The molecule has 5 N–H and O–H groups in total. The van der Waals surface area contributed by atoms with Gasteiger partial charge in [0.15, 0.2) is 5.69 Å². The molecule has 3 heterocycles. The van der Waals surface area contributed by atoms with Gasteiger partial charge in [-0.3, -0.25) is 4.79 Å². The summed E-state index contributed by atoms with van der Waals surface area (Å²) in [5.41, 5.74) is 11.3. The normalized spacial score (nSPS) is 17.6. The molecule has 1 fully saturated rings. The summed E-state index contributed by atoms with van der Waals surface area (Å²) >= 11 is 0. The van der Waals surface area contributed by atoms with Crippen molar-refractivity contribution in [3.8, 4) is 17.1 Å². The summed E-state index contributed by atoms with van der Waals surface area (Å²) in [5.74, 6) is -0.271. The van der Waals surface area contributed by atoms with E-state index >= 15 is 0 Å². The zero-order chi connectivity index (χ0) is 27.4. The van der Waals surface area contributed by atoms with Crippen molar-refractivity contribution >= 4 is 44.4 Å². The van der Waals surface area contributed by atoms with Gasteiger partial charge in [-0.15, -0.1) is 0 Å². The minimum Gasteiger partial charge on any atom is -0.393 e. The average molecular weight is 535 g/mol. The number of hydrogen-bond donors (Lipinski definition) is 4. The number of imidazole rings is 1. The molecule has 0 radical (unpaired) electrons. The molecule has 1 amide bonds. The number of hydrogen-bond acceptors (Lipinski definition) is 5. The van der Waals surface area contributed by atoms with E-state index in [1.165, 1.54) is 12.1 Å². The Morgan fingerprint density at radius 3 is 2.65 bits per heavy atom. The van der Waals surface area contributed by atoms with E-state index in [0.717, 1.165) is 45.9 Å². The zero-order valence-corrected chi connectivity index (χ0v) is 21.6. The number of anilines is 1. The molecule has 40 heavy (non-hydrogen) atoms. The minimum atomic E-state index is -0.601. The third-order valence-corrected chi connectivity index (χ3v) is 7.82. The highest BCUT2D eigenvalue weighted by atomic mass is 19.1. The predicted molar refractivity (Wildman–Crippen MR) is 154 cm³/mol. The summed E-state index contributed by atoms with van der Waals surface area (Å²) in [5, 5.41) is 15.4. The van der Waals surface area contributed by atoms with Crippen LogP contribution in [0.4, 0.5) is 10.1 Å². The number of aliphatic hydroxyl groups is 1. The Morgan fingerprint density at radius 2 is 1.82 bits per heavy atom. The van der Waals surface area contributed by atoms with Crippen molar-refractivity contribution in [1.82, 2.24) is 19.5 Å². The van der Waals surface area contributed by atoms with Crippen molar-refractivity contribution in [2.75, 3.05) is 5.32 Å². The number of nitrogens with zero attached hydrogens (tertiary/aromatic N) is 3. The Hall–Kier alpha value is -4.76. The fourth-order valence-corrected chi connectivity index (χ4v) is 5.93. The summed E-state index contributed by atoms with van der Waals surface area (Å²) in [6, 6.07) is 20.7. The summed E-state index contributed by atoms with van der Waals surface area (Å²) in [4.78, 5) is 24.8. The molecule has 1 aliphatic carbocycles. The molecule has 6 aromatic rings. The number of aromatic amines is 1. The molecule has 1 aliphatic rings. The molecule has 7 rings (SSSR count). The third-order valence-electron chi connectivity index (χ3n) is 7.82. The van der Waals surface area contributed by atoms with Gasteiger partial charge in [-0.25, -0.2) is 14.4 Å². The summed E-state index contributed by atoms with van der Waals surface area (Å²) in [6.07, 6.45) is 4.39. The van der Waals surface area contributed by atoms with Crippen LogP contribution in [0.15, 0.2) is 72.9 Å². The Balaban J connectivity index is 1.41. The Morgan fingerprint density at radius 1 is 1.02 bits per heavy atom. The third kappa shape index (κ3) is 4.06. The average Bonchev–Trinajstić information content (AvgIpc) is 3.53. The summed E-state index contributed by atoms with van der Waals surface area (Å²) in [6.45, 7) is 0. The van der Waals surface area contributed by atoms with Crippen LogP contribution < -0.4 is 11.1 Å². The van der Waals surface area contributed by atoms with Crippen LogP contribution in [-0.2, 0) is 0 Å². The number of primary amides is 1. The largest absolute Gasteiger partial charge is 0.393 e. The first-order valence-corrected chi connectivity index (χ1v) is 13.4. The molecular formula is C31H27FN6O2. The highest BCUT2D eigenvalue weighted by Gasteiger charge is 2.23. The lowest BCUT2D eigenvalue weighted by molar-refractivity contribution is 0.0995. The van der Waals surface area contributed by atoms with Crippen molar-refractivity contribution in [2.45, 2.75) is 37.8 Å². The van der Waals surface area contributed by atoms with Crippen molar-refractivity contribution in [2.24, 2.45) is 5.73 Å². The first-order chi connectivity index (χ1) is 19.5.